The number of benzene rings is 1. The summed E-state index contributed by atoms with van der Waals surface area (Å²) in [5.41, 5.74) is 0.910. The molecule has 2 aromatic heterocycles. The van der Waals surface area contributed by atoms with Gasteiger partial charge in [0.2, 0.25) is 5.28 Å². The van der Waals surface area contributed by atoms with Gasteiger partial charge in [0.1, 0.15) is 10.6 Å². The van der Waals surface area contributed by atoms with E-state index in [1.807, 2.05) is 25.1 Å². The van der Waals surface area contributed by atoms with Crippen molar-refractivity contribution in [1.82, 2.24) is 9.97 Å². The van der Waals surface area contributed by atoms with Gasteiger partial charge < -0.3 is 5.32 Å². The Hall–Kier alpha value is -0.690. The smallest absolute Gasteiger partial charge is 0.225 e. The number of aromatic nitrogens is 2. The van der Waals surface area contributed by atoms with Crippen molar-refractivity contribution in [3.63, 3.8) is 0 Å². The minimum Gasteiger partial charge on any atom is -0.338 e. The molecule has 3 rings (SSSR count). The summed E-state index contributed by atoms with van der Waals surface area (Å²) in [6, 6.07) is 7.94. The average Bonchev–Trinajstić information content (AvgIpc) is 2.74. The SMILES string of the molecule is Cc1cc2c(Nc3c(Br)cccc3Br)nc(Cl)nc2s1. The van der Waals surface area contributed by atoms with Crippen LogP contribution in [0, 0.1) is 6.92 Å². The normalized spacial score (nSPS) is 11.0. The zero-order valence-electron chi connectivity index (χ0n) is 10.2. The van der Waals surface area contributed by atoms with Crippen LogP contribution in [0.25, 0.3) is 10.2 Å². The third-order valence-corrected chi connectivity index (χ3v) is 5.13. The number of hydrogen-bond acceptors (Lipinski definition) is 4. The highest BCUT2D eigenvalue weighted by atomic mass is 79.9. The summed E-state index contributed by atoms with van der Waals surface area (Å²) < 4.78 is 1.89. The molecule has 0 spiro atoms. The van der Waals surface area contributed by atoms with E-state index in [1.54, 1.807) is 11.3 Å². The summed E-state index contributed by atoms with van der Waals surface area (Å²) in [4.78, 5) is 10.6. The number of anilines is 2. The van der Waals surface area contributed by atoms with Crippen molar-refractivity contribution >= 4 is 76.5 Å². The Labute approximate surface area is 141 Å². The molecule has 0 amide bonds. The van der Waals surface area contributed by atoms with E-state index >= 15 is 0 Å². The first-order valence-electron chi connectivity index (χ1n) is 5.69. The lowest BCUT2D eigenvalue weighted by atomic mass is 10.3. The van der Waals surface area contributed by atoms with Gasteiger partial charge in [-0.1, -0.05) is 6.07 Å². The van der Waals surface area contributed by atoms with Crippen LogP contribution in [0.2, 0.25) is 5.28 Å². The summed E-state index contributed by atoms with van der Waals surface area (Å²) in [6.07, 6.45) is 0. The second-order valence-corrected chi connectivity index (χ2v) is 7.42. The molecule has 0 radical (unpaired) electrons. The van der Waals surface area contributed by atoms with Crippen molar-refractivity contribution in [1.29, 1.82) is 0 Å². The van der Waals surface area contributed by atoms with Crippen LogP contribution in [0.1, 0.15) is 4.88 Å². The molecule has 2 heterocycles. The monoisotopic (exact) mass is 431 g/mol. The first-order valence-corrected chi connectivity index (χ1v) is 8.47. The highest BCUT2D eigenvalue weighted by molar-refractivity contribution is 9.11. The molecule has 0 atom stereocenters. The number of halogens is 3. The summed E-state index contributed by atoms with van der Waals surface area (Å²) in [7, 11) is 0. The molecule has 0 aliphatic heterocycles. The van der Waals surface area contributed by atoms with Crippen molar-refractivity contribution in [3.8, 4) is 0 Å². The van der Waals surface area contributed by atoms with Crippen LogP contribution in [-0.4, -0.2) is 9.97 Å². The third-order valence-electron chi connectivity index (χ3n) is 2.69. The Bertz CT molecular complexity index is 783. The van der Waals surface area contributed by atoms with Crippen molar-refractivity contribution in [3.05, 3.63) is 43.4 Å². The number of rotatable bonds is 2. The van der Waals surface area contributed by atoms with Gasteiger partial charge in [-0.3, -0.25) is 0 Å². The van der Waals surface area contributed by atoms with E-state index < -0.39 is 0 Å². The Balaban J connectivity index is 2.15. The predicted molar refractivity (Wildman–Crippen MR) is 92.3 cm³/mol. The fourth-order valence-corrected chi connectivity index (χ4v) is 4.14. The maximum atomic E-state index is 6.00. The summed E-state index contributed by atoms with van der Waals surface area (Å²) >= 11 is 14.7. The quantitative estimate of drug-likeness (QED) is 0.510. The Morgan fingerprint density at radius 2 is 1.90 bits per heavy atom. The lowest BCUT2D eigenvalue weighted by Gasteiger charge is -2.10. The lowest BCUT2D eigenvalue weighted by molar-refractivity contribution is 1.23. The Morgan fingerprint density at radius 3 is 2.60 bits per heavy atom. The molecule has 0 aliphatic carbocycles. The highest BCUT2D eigenvalue weighted by Crippen LogP contribution is 2.36. The topological polar surface area (TPSA) is 37.8 Å². The van der Waals surface area contributed by atoms with Crippen LogP contribution >= 0.6 is 54.8 Å². The third kappa shape index (κ3) is 2.70. The number of para-hydroxylation sites is 1. The zero-order chi connectivity index (χ0) is 14.3. The molecule has 0 saturated carbocycles. The molecule has 1 N–H and O–H groups in total. The fourth-order valence-electron chi connectivity index (χ4n) is 1.85. The number of thiophene rings is 1. The highest BCUT2D eigenvalue weighted by Gasteiger charge is 2.12. The van der Waals surface area contributed by atoms with E-state index in [1.165, 1.54) is 4.88 Å². The molecule has 7 heteroatoms. The van der Waals surface area contributed by atoms with E-state index in [2.05, 4.69) is 53.2 Å². The number of aryl methyl sites for hydroxylation is 1. The van der Waals surface area contributed by atoms with Gasteiger partial charge in [0.05, 0.1) is 11.1 Å². The van der Waals surface area contributed by atoms with Crippen LogP contribution in [0.3, 0.4) is 0 Å². The number of fused-ring (bicyclic) bond motifs is 1. The van der Waals surface area contributed by atoms with Gasteiger partial charge in [0, 0.05) is 13.8 Å². The van der Waals surface area contributed by atoms with E-state index in [0.717, 1.165) is 24.8 Å². The average molecular weight is 434 g/mol. The molecule has 20 heavy (non-hydrogen) atoms. The summed E-state index contributed by atoms with van der Waals surface area (Å²) in [5, 5.41) is 4.53. The molecular formula is C13H8Br2ClN3S. The van der Waals surface area contributed by atoms with Gasteiger partial charge in [-0.2, -0.15) is 4.98 Å². The second-order valence-electron chi connectivity index (χ2n) is 4.14. The van der Waals surface area contributed by atoms with E-state index in [9.17, 15) is 0 Å². The first kappa shape index (κ1) is 14.3. The van der Waals surface area contributed by atoms with Crippen molar-refractivity contribution in [2.45, 2.75) is 6.92 Å². The molecule has 3 aromatic rings. The standard InChI is InChI=1S/C13H8Br2ClN3S/c1-6-5-7-11(18-13(16)19-12(7)20-6)17-10-8(14)3-2-4-9(10)15/h2-5H,1H3,(H,17,18,19). The van der Waals surface area contributed by atoms with Gasteiger partial charge in [-0.15, -0.1) is 11.3 Å². The molecule has 102 valence electrons. The lowest BCUT2D eigenvalue weighted by Crippen LogP contribution is -1.97. The number of nitrogens with one attached hydrogen (secondary N) is 1. The van der Waals surface area contributed by atoms with Crippen LogP contribution in [0.4, 0.5) is 11.5 Å². The van der Waals surface area contributed by atoms with Crippen LogP contribution < -0.4 is 5.32 Å². The molecular weight excluding hydrogens is 425 g/mol. The molecule has 0 fully saturated rings. The van der Waals surface area contributed by atoms with E-state index in [4.69, 9.17) is 11.6 Å². The molecule has 0 aliphatic rings. The van der Waals surface area contributed by atoms with Crippen LogP contribution in [0.15, 0.2) is 33.2 Å². The Kier molecular flexibility index (Phi) is 3.99. The zero-order valence-corrected chi connectivity index (χ0v) is 15.0. The maximum Gasteiger partial charge on any atom is 0.225 e. The maximum absolute atomic E-state index is 6.00. The van der Waals surface area contributed by atoms with Gasteiger partial charge in [-0.05, 0) is 68.6 Å². The van der Waals surface area contributed by atoms with Crippen molar-refractivity contribution in [2.75, 3.05) is 5.32 Å². The second kappa shape index (κ2) is 5.60. The fraction of sp³-hybridized carbons (Fsp3) is 0.0769. The van der Waals surface area contributed by atoms with Gasteiger partial charge in [0.25, 0.3) is 0 Å². The van der Waals surface area contributed by atoms with Gasteiger partial charge in [0.15, 0.2) is 0 Å². The van der Waals surface area contributed by atoms with Crippen molar-refractivity contribution in [2.24, 2.45) is 0 Å². The molecule has 0 bridgehead atoms. The predicted octanol–water partition coefficient (Wildman–Crippen LogP) is 5.92. The molecule has 3 nitrogen and oxygen atoms in total. The van der Waals surface area contributed by atoms with E-state index in [0.29, 0.717) is 5.82 Å². The van der Waals surface area contributed by atoms with Crippen molar-refractivity contribution < 1.29 is 0 Å². The first-order chi connectivity index (χ1) is 9.54. The van der Waals surface area contributed by atoms with Gasteiger partial charge in [-0.25, -0.2) is 4.98 Å². The molecule has 0 unspecified atom stereocenters. The van der Waals surface area contributed by atoms with E-state index in [-0.39, 0.29) is 5.28 Å². The molecule has 1 aromatic carbocycles. The largest absolute Gasteiger partial charge is 0.338 e. The Morgan fingerprint density at radius 1 is 1.20 bits per heavy atom. The minimum atomic E-state index is 0.241. The number of hydrogen-bond donors (Lipinski definition) is 1. The number of nitrogens with zero attached hydrogens (tertiary/aromatic N) is 2. The van der Waals surface area contributed by atoms with Gasteiger partial charge >= 0.3 is 0 Å². The minimum absolute atomic E-state index is 0.241. The van der Waals surface area contributed by atoms with Crippen LogP contribution in [-0.2, 0) is 0 Å². The summed E-state index contributed by atoms with van der Waals surface area (Å²) in [6.45, 7) is 2.04. The van der Waals surface area contributed by atoms with Crippen LogP contribution in [0.5, 0.6) is 0 Å². The molecule has 0 saturated heterocycles. The summed E-state index contributed by atoms with van der Waals surface area (Å²) in [5.74, 6) is 0.706.